The maximum atomic E-state index is 12.0. The Morgan fingerprint density at radius 1 is 1.18 bits per heavy atom. The van der Waals surface area contributed by atoms with Gasteiger partial charge < -0.3 is 0 Å². The van der Waals surface area contributed by atoms with E-state index in [0.717, 1.165) is 0 Å². The number of hydrogen-bond donors (Lipinski definition) is 1. The highest BCUT2D eigenvalue weighted by molar-refractivity contribution is 9.10. The van der Waals surface area contributed by atoms with E-state index < -0.39 is 4.92 Å². The van der Waals surface area contributed by atoms with Gasteiger partial charge in [-0.25, -0.2) is 5.43 Å². The van der Waals surface area contributed by atoms with E-state index in [9.17, 15) is 14.9 Å². The molecule has 1 amide bonds. The number of rotatable bonds is 4. The molecule has 112 valence electrons. The molecule has 0 saturated carbocycles. The van der Waals surface area contributed by atoms with Crippen molar-refractivity contribution in [2.24, 2.45) is 5.10 Å². The average Bonchev–Trinajstić information content (AvgIpc) is 2.52. The monoisotopic (exact) mass is 361 g/mol. The Kier molecular flexibility index (Phi) is 5.00. The molecule has 22 heavy (non-hydrogen) atoms. The molecule has 0 aliphatic heterocycles. The maximum Gasteiger partial charge on any atom is 0.272 e. The fraction of sp³-hybridized carbons (Fsp3) is 0.0667. The predicted octanol–water partition coefficient (Wildman–Crippen LogP) is 3.51. The summed E-state index contributed by atoms with van der Waals surface area (Å²) in [5.41, 5.74) is 4.19. The minimum Gasteiger partial charge on any atom is -0.267 e. The molecule has 0 aromatic heterocycles. The first kappa shape index (κ1) is 15.8. The standard InChI is InChI=1S/C15H12BrN3O3/c1-10(11-6-8-12(9-7-11)19(21)22)17-18-15(20)13-4-2-3-5-14(13)16/h2-9H,1H3,(H,18,20). The summed E-state index contributed by atoms with van der Waals surface area (Å²) >= 11 is 3.30. The number of amides is 1. The molecule has 7 heteroatoms. The van der Waals surface area contributed by atoms with Crippen LogP contribution in [-0.4, -0.2) is 16.5 Å². The Morgan fingerprint density at radius 2 is 1.82 bits per heavy atom. The zero-order valence-electron chi connectivity index (χ0n) is 11.6. The van der Waals surface area contributed by atoms with Gasteiger partial charge in [0.2, 0.25) is 0 Å². The number of hydrogen-bond acceptors (Lipinski definition) is 4. The smallest absolute Gasteiger partial charge is 0.267 e. The average molecular weight is 362 g/mol. The molecule has 6 nitrogen and oxygen atoms in total. The van der Waals surface area contributed by atoms with Gasteiger partial charge in [0.05, 0.1) is 16.2 Å². The number of benzene rings is 2. The van der Waals surface area contributed by atoms with Crippen LogP contribution in [0.5, 0.6) is 0 Å². The highest BCUT2D eigenvalue weighted by atomic mass is 79.9. The zero-order valence-corrected chi connectivity index (χ0v) is 13.2. The van der Waals surface area contributed by atoms with Gasteiger partial charge in [-0.05, 0) is 52.7 Å². The number of carbonyl (C=O) groups excluding carboxylic acids is 1. The first-order valence-electron chi connectivity index (χ1n) is 6.33. The van der Waals surface area contributed by atoms with Crippen molar-refractivity contribution >= 4 is 33.2 Å². The second-order valence-corrected chi connectivity index (χ2v) is 5.28. The summed E-state index contributed by atoms with van der Waals surface area (Å²) in [5, 5.41) is 14.6. The summed E-state index contributed by atoms with van der Waals surface area (Å²) in [7, 11) is 0. The van der Waals surface area contributed by atoms with E-state index >= 15 is 0 Å². The lowest BCUT2D eigenvalue weighted by Gasteiger charge is -2.04. The van der Waals surface area contributed by atoms with E-state index in [0.29, 0.717) is 21.3 Å². The molecular formula is C15H12BrN3O3. The number of carbonyl (C=O) groups is 1. The van der Waals surface area contributed by atoms with Crippen molar-refractivity contribution in [3.05, 3.63) is 74.2 Å². The predicted molar refractivity (Wildman–Crippen MR) is 86.9 cm³/mol. The summed E-state index contributed by atoms with van der Waals surface area (Å²) in [6.07, 6.45) is 0. The minimum atomic E-state index is -0.467. The third kappa shape index (κ3) is 3.76. The van der Waals surface area contributed by atoms with Gasteiger partial charge in [0.15, 0.2) is 0 Å². The molecule has 2 aromatic rings. The van der Waals surface area contributed by atoms with E-state index in [1.807, 2.05) is 6.07 Å². The number of halogens is 1. The highest BCUT2D eigenvalue weighted by Gasteiger charge is 2.09. The molecule has 0 bridgehead atoms. The number of nitrogens with one attached hydrogen (secondary N) is 1. The van der Waals surface area contributed by atoms with Crippen molar-refractivity contribution < 1.29 is 9.72 Å². The van der Waals surface area contributed by atoms with E-state index in [-0.39, 0.29) is 11.6 Å². The van der Waals surface area contributed by atoms with Crippen LogP contribution in [0.15, 0.2) is 58.1 Å². The quantitative estimate of drug-likeness (QED) is 0.513. The highest BCUT2D eigenvalue weighted by Crippen LogP contribution is 2.16. The van der Waals surface area contributed by atoms with Gasteiger partial charge in [-0.15, -0.1) is 0 Å². The van der Waals surface area contributed by atoms with Crippen molar-refractivity contribution in [2.45, 2.75) is 6.92 Å². The molecule has 2 rings (SSSR count). The lowest BCUT2D eigenvalue weighted by atomic mass is 10.1. The lowest BCUT2D eigenvalue weighted by Crippen LogP contribution is -2.19. The van der Waals surface area contributed by atoms with Gasteiger partial charge in [0.25, 0.3) is 11.6 Å². The van der Waals surface area contributed by atoms with Crippen molar-refractivity contribution in [3.8, 4) is 0 Å². The van der Waals surface area contributed by atoms with E-state index in [1.165, 1.54) is 12.1 Å². The Labute approximate surface area is 135 Å². The summed E-state index contributed by atoms with van der Waals surface area (Å²) in [4.78, 5) is 22.1. The Bertz CT molecular complexity index is 742. The number of nitro benzene ring substituents is 1. The topological polar surface area (TPSA) is 84.6 Å². The Balaban J connectivity index is 2.11. The SMILES string of the molecule is CC(=NNC(=O)c1ccccc1Br)c1ccc([N+](=O)[O-])cc1. The minimum absolute atomic E-state index is 0.00815. The van der Waals surface area contributed by atoms with Crippen LogP contribution < -0.4 is 5.43 Å². The van der Waals surface area contributed by atoms with E-state index in [1.54, 1.807) is 37.3 Å². The third-order valence-electron chi connectivity index (χ3n) is 2.94. The second kappa shape index (κ2) is 6.95. The molecular weight excluding hydrogens is 350 g/mol. The van der Waals surface area contributed by atoms with Gasteiger partial charge >= 0.3 is 0 Å². The van der Waals surface area contributed by atoms with Crippen LogP contribution in [0.4, 0.5) is 5.69 Å². The van der Waals surface area contributed by atoms with Crippen LogP contribution in [0.2, 0.25) is 0 Å². The van der Waals surface area contributed by atoms with Gasteiger partial charge in [-0.1, -0.05) is 12.1 Å². The lowest BCUT2D eigenvalue weighted by molar-refractivity contribution is -0.384. The Hall–Kier alpha value is -2.54. The van der Waals surface area contributed by atoms with Crippen LogP contribution in [0, 0.1) is 10.1 Å². The molecule has 0 fully saturated rings. The van der Waals surface area contributed by atoms with Crippen LogP contribution in [0.25, 0.3) is 0 Å². The molecule has 1 N–H and O–H groups in total. The molecule has 0 aliphatic rings. The van der Waals surface area contributed by atoms with Gasteiger partial charge in [0.1, 0.15) is 0 Å². The Morgan fingerprint density at radius 3 is 2.41 bits per heavy atom. The van der Waals surface area contributed by atoms with E-state index in [2.05, 4.69) is 26.5 Å². The van der Waals surface area contributed by atoms with Crippen molar-refractivity contribution in [1.29, 1.82) is 0 Å². The summed E-state index contributed by atoms with van der Waals surface area (Å²) in [6, 6.07) is 13.0. The number of hydrazone groups is 1. The van der Waals surface area contributed by atoms with Crippen molar-refractivity contribution in [1.82, 2.24) is 5.43 Å². The van der Waals surface area contributed by atoms with Gasteiger partial charge in [0, 0.05) is 16.6 Å². The van der Waals surface area contributed by atoms with Gasteiger partial charge in [-0.2, -0.15) is 5.10 Å². The fourth-order valence-electron chi connectivity index (χ4n) is 1.73. The molecule has 0 radical (unpaired) electrons. The number of nitrogens with zero attached hydrogens (tertiary/aromatic N) is 2. The van der Waals surface area contributed by atoms with Crippen molar-refractivity contribution in [2.75, 3.05) is 0 Å². The molecule has 0 aliphatic carbocycles. The van der Waals surface area contributed by atoms with E-state index in [4.69, 9.17) is 0 Å². The van der Waals surface area contributed by atoms with Crippen LogP contribution in [-0.2, 0) is 0 Å². The number of non-ortho nitro benzene ring substituents is 1. The van der Waals surface area contributed by atoms with Crippen molar-refractivity contribution in [3.63, 3.8) is 0 Å². The number of nitro groups is 1. The molecule has 0 atom stereocenters. The molecule has 0 saturated heterocycles. The molecule has 0 heterocycles. The van der Waals surface area contributed by atoms with Crippen LogP contribution in [0.1, 0.15) is 22.8 Å². The van der Waals surface area contributed by atoms with Crippen LogP contribution >= 0.6 is 15.9 Å². The largest absolute Gasteiger partial charge is 0.272 e. The molecule has 0 spiro atoms. The maximum absolute atomic E-state index is 12.0. The summed E-state index contributed by atoms with van der Waals surface area (Å²) < 4.78 is 0.677. The van der Waals surface area contributed by atoms with Crippen LogP contribution in [0.3, 0.4) is 0 Å². The molecule has 2 aromatic carbocycles. The summed E-state index contributed by atoms with van der Waals surface area (Å²) in [6.45, 7) is 1.71. The third-order valence-corrected chi connectivity index (χ3v) is 3.63. The second-order valence-electron chi connectivity index (χ2n) is 4.42. The normalized spacial score (nSPS) is 11.1. The first-order chi connectivity index (χ1) is 10.5. The molecule has 0 unspecified atom stereocenters. The first-order valence-corrected chi connectivity index (χ1v) is 7.12. The summed E-state index contributed by atoms with van der Waals surface area (Å²) in [5.74, 6) is -0.339. The fourth-order valence-corrected chi connectivity index (χ4v) is 2.19. The zero-order chi connectivity index (χ0) is 16.1. The van der Waals surface area contributed by atoms with Gasteiger partial charge in [-0.3, -0.25) is 14.9 Å².